The molecule has 0 aromatic heterocycles. The molecular formula is C13H15ClO2. The van der Waals surface area contributed by atoms with E-state index in [1.165, 1.54) is 0 Å². The van der Waals surface area contributed by atoms with Gasteiger partial charge in [0.1, 0.15) is 0 Å². The maximum atomic E-state index is 11.1. The summed E-state index contributed by atoms with van der Waals surface area (Å²) >= 11 is 6.14. The zero-order valence-electron chi connectivity index (χ0n) is 9.62. The van der Waals surface area contributed by atoms with Gasteiger partial charge >= 0.3 is 5.97 Å². The summed E-state index contributed by atoms with van der Waals surface area (Å²) in [4.78, 5) is 11.1. The number of benzene rings is 1. The Morgan fingerprint density at radius 3 is 2.56 bits per heavy atom. The van der Waals surface area contributed by atoms with Crippen molar-refractivity contribution in [2.45, 2.75) is 26.7 Å². The van der Waals surface area contributed by atoms with Gasteiger partial charge in [0.25, 0.3) is 0 Å². The van der Waals surface area contributed by atoms with Crippen LogP contribution in [0.4, 0.5) is 0 Å². The Hall–Kier alpha value is -1.02. The van der Waals surface area contributed by atoms with Gasteiger partial charge in [0.05, 0.1) is 5.92 Å². The molecule has 3 heteroatoms. The van der Waals surface area contributed by atoms with Gasteiger partial charge in [0.15, 0.2) is 0 Å². The van der Waals surface area contributed by atoms with E-state index >= 15 is 0 Å². The van der Waals surface area contributed by atoms with Crippen molar-refractivity contribution in [1.29, 1.82) is 0 Å². The van der Waals surface area contributed by atoms with Crippen LogP contribution >= 0.6 is 11.6 Å². The molecule has 86 valence electrons. The molecule has 0 saturated heterocycles. The normalized spacial score (nSPS) is 26.5. The monoisotopic (exact) mass is 238 g/mol. The smallest absolute Gasteiger partial charge is 0.307 e. The van der Waals surface area contributed by atoms with Gasteiger partial charge in [-0.25, -0.2) is 0 Å². The van der Waals surface area contributed by atoms with Crippen molar-refractivity contribution in [3.8, 4) is 0 Å². The van der Waals surface area contributed by atoms with Gasteiger partial charge in [-0.05, 0) is 24.0 Å². The highest BCUT2D eigenvalue weighted by Crippen LogP contribution is 2.65. The van der Waals surface area contributed by atoms with Crippen LogP contribution in [0, 0.1) is 18.3 Å². The summed E-state index contributed by atoms with van der Waals surface area (Å²) in [7, 11) is 0. The number of hydrogen-bond donors (Lipinski definition) is 1. The Balaban J connectivity index is 2.40. The van der Waals surface area contributed by atoms with Gasteiger partial charge in [-0.15, -0.1) is 0 Å². The molecule has 0 aliphatic heterocycles. The first-order valence-corrected chi connectivity index (χ1v) is 5.72. The van der Waals surface area contributed by atoms with Crippen molar-refractivity contribution in [2.75, 3.05) is 0 Å². The summed E-state index contributed by atoms with van der Waals surface area (Å²) in [5, 5.41) is 9.81. The van der Waals surface area contributed by atoms with Crippen LogP contribution in [0.25, 0.3) is 0 Å². The second kappa shape index (κ2) is 3.49. The van der Waals surface area contributed by atoms with E-state index in [-0.39, 0.29) is 17.3 Å². The molecule has 0 unspecified atom stereocenters. The van der Waals surface area contributed by atoms with E-state index < -0.39 is 5.97 Å². The van der Waals surface area contributed by atoms with Crippen LogP contribution in [0.2, 0.25) is 5.02 Å². The SMILES string of the molecule is Cc1ccc(Cl)c([C@H]2[C@H](C(=O)O)C2(C)C)c1. The summed E-state index contributed by atoms with van der Waals surface area (Å²) in [6, 6.07) is 5.79. The summed E-state index contributed by atoms with van der Waals surface area (Å²) < 4.78 is 0. The van der Waals surface area contributed by atoms with Gasteiger partial charge in [-0.1, -0.05) is 43.1 Å². The van der Waals surface area contributed by atoms with Crippen molar-refractivity contribution in [3.63, 3.8) is 0 Å². The minimum atomic E-state index is -0.729. The fraction of sp³-hybridized carbons (Fsp3) is 0.462. The minimum absolute atomic E-state index is 0.0393. The summed E-state index contributed by atoms with van der Waals surface area (Å²) in [5.41, 5.74) is 1.90. The number of carboxylic acid groups (broad SMARTS) is 1. The molecule has 0 heterocycles. The number of hydrogen-bond acceptors (Lipinski definition) is 1. The highest BCUT2D eigenvalue weighted by Gasteiger charge is 2.63. The van der Waals surface area contributed by atoms with Crippen LogP contribution in [-0.4, -0.2) is 11.1 Å². The maximum Gasteiger partial charge on any atom is 0.307 e. The molecule has 1 N–H and O–H groups in total. The molecule has 1 aromatic rings. The first-order valence-electron chi connectivity index (χ1n) is 5.34. The van der Waals surface area contributed by atoms with Crippen LogP contribution in [-0.2, 0) is 4.79 Å². The number of halogens is 1. The van der Waals surface area contributed by atoms with E-state index in [1.54, 1.807) is 0 Å². The molecule has 0 bridgehead atoms. The lowest BCUT2D eigenvalue weighted by Gasteiger charge is -2.06. The van der Waals surface area contributed by atoms with E-state index in [4.69, 9.17) is 16.7 Å². The third kappa shape index (κ3) is 1.61. The second-order valence-corrected chi connectivity index (χ2v) is 5.55. The van der Waals surface area contributed by atoms with E-state index in [0.717, 1.165) is 11.1 Å². The summed E-state index contributed by atoms with van der Waals surface area (Å²) in [6.07, 6.45) is 0. The molecule has 1 aromatic carbocycles. The lowest BCUT2D eigenvalue weighted by atomic mass is 10.0. The molecule has 1 saturated carbocycles. The largest absolute Gasteiger partial charge is 0.481 e. The summed E-state index contributed by atoms with van der Waals surface area (Å²) in [6.45, 7) is 5.95. The molecule has 0 spiro atoms. The maximum absolute atomic E-state index is 11.1. The topological polar surface area (TPSA) is 37.3 Å². The molecule has 1 aliphatic carbocycles. The average Bonchev–Trinajstić information content (AvgIpc) is 2.73. The third-order valence-corrected chi connectivity index (χ3v) is 3.92. The lowest BCUT2D eigenvalue weighted by Crippen LogP contribution is -2.03. The molecule has 1 fully saturated rings. The van der Waals surface area contributed by atoms with Crippen molar-refractivity contribution in [3.05, 3.63) is 34.3 Å². The van der Waals surface area contributed by atoms with E-state index in [2.05, 4.69) is 0 Å². The van der Waals surface area contributed by atoms with Gasteiger partial charge in [-0.3, -0.25) is 4.79 Å². The molecule has 0 amide bonds. The minimum Gasteiger partial charge on any atom is -0.481 e. The zero-order valence-corrected chi connectivity index (χ0v) is 10.4. The third-order valence-electron chi connectivity index (χ3n) is 3.58. The summed E-state index contributed by atoms with van der Waals surface area (Å²) in [5.74, 6) is -1.00. The van der Waals surface area contributed by atoms with E-state index in [9.17, 15) is 4.79 Å². The number of carbonyl (C=O) groups is 1. The van der Waals surface area contributed by atoms with Crippen molar-refractivity contribution < 1.29 is 9.90 Å². The van der Waals surface area contributed by atoms with Gasteiger partial charge in [0, 0.05) is 10.9 Å². The quantitative estimate of drug-likeness (QED) is 0.857. The van der Waals surface area contributed by atoms with Gasteiger partial charge in [0.2, 0.25) is 0 Å². The predicted octanol–water partition coefficient (Wildman–Crippen LogP) is 3.47. The number of aliphatic carboxylic acids is 1. The predicted molar refractivity (Wildman–Crippen MR) is 63.8 cm³/mol. The van der Waals surface area contributed by atoms with Crippen molar-refractivity contribution >= 4 is 17.6 Å². The molecule has 0 radical (unpaired) electrons. The fourth-order valence-electron chi connectivity index (χ4n) is 2.58. The molecule has 1 aliphatic rings. The molecule has 2 rings (SSSR count). The Kier molecular flexibility index (Phi) is 2.50. The highest BCUT2D eigenvalue weighted by molar-refractivity contribution is 6.31. The molecule has 2 atom stereocenters. The number of rotatable bonds is 2. The molecule has 16 heavy (non-hydrogen) atoms. The van der Waals surface area contributed by atoms with Gasteiger partial charge in [-0.2, -0.15) is 0 Å². The Labute approximate surface area is 100 Å². The molecule has 2 nitrogen and oxygen atoms in total. The number of carboxylic acids is 1. The van der Waals surface area contributed by atoms with Crippen LogP contribution < -0.4 is 0 Å². The number of aryl methyl sites for hydroxylation is 1. The first kappa shape index (κ1) is 11.5. The van der Waals surface area contributed by atoms with Crippen LogP contribution in [0.15, 0.2) is 18.2 Å². The van der Waals surface area contributed by atoms with E-state index in [1.807, 2.05) is 39.0 Å². The van der Waals surface area contributed by atoms with E-state index in [0.29, 0.717) is 5.02 Å². The lowest BCUT2D eigenvalue weighted by molar-refractivity contribution is -0.139. The first-order chi connectivity index (χ1) is 7.35. The van der Waals surface area contributed by atoms with Gasteiger partial charge < -0.3 is 5.11 Å². The standard InChI is InChI=1S/C13H15ClO2/c1-7-4-5-9(14)8(6-7)10-11(12(15)16)13(10,2)3/h4-6,10-11H,1-3H3,(H,15,16)/t10-,11+/m0/s1. The van der Waals surface area contributed by atoms with Crippen LogP contribution in [0.1, 0.15) is 30.9 Å². The zero-order chi connectivity index (χ0) is 12.1. The van der Waals surface area contributed by atoms with Crippen molar-refractivity contribution in [1.82, 2.24) is 0 Å². The molecular weight excluding hydrogens is 224 g/mol. The average molecular weight is 239 g/mol. The Morgan fingerprint density at radius 1 is 1.44 bits per heavy atom. The Morgan fingerprint density at radius 2 is 2.06 bits per heavy atom. The Bertz CT molecular complexity index is 451. The highest BCUT2D eigenvalue weighted by atomic mass is 35.5. The van der Waals surface area contributed by atoms with Crippen LogP contribution in [0.3, 0.4) is 0 Å². The van der Waals surface area contributed by atoms with Crippen molar-refractivity contribution in [2.24, 2.45) is 11.3 Å². The van der Waals surface area contributed by atoms with Crippen LogP contribution in [0.5, 0.6) is 0 Å². The second-order valence-electron chi connectivity index (χ2n) is 5.14. The fourth-order valence-corrected chi connectivity index (χ4v) is 2.82.